The number of Topliss-reactive ketones (excluding diaryl/α,β-unsaturated/α-hetero) is 1. The highest BCUT2D eigenvalue weighted by Crippen LogP contribution is 2.40. The first-order chi connectivity index (χ1) is 33.9. The van der Waals surface area contributed by atoms with Crippen molar-refractivity contribution < 1.29 is 42.9 Å². The van der Waals surface area contributed by atoms with Crippen molar-refractivity contribution in [2.45, 2.75) is 96.1 Å². The number of carbonyl (C=O) groups excluding carboxylic acids is 5. The lowest BCUT2D eigenvalue weighted by Gasteiger charge is -2.42. The van der Waals surface area contributed by atoms with Crippen molar-refractivity contribution in [1.29, 1.82) is 0 Å². The number of ether oxygens (including phenoxy) is 4. The highest BCUT2D eigenvalue weighted by atomic mass is 16.7. The number of unbranched alkanes of at least 4 members (excludes halogenated alkanes) is 2. The molecule has 0 aliphatic carbocycles. The van der Waals surface area contributed by atoms with Gasteiger partial charge >= 0.3 is 6.09 Å². The largest absolute Gasteiger partial charge is 0.493 e. The zero-order valence-corrected chi connectivity index (χ0v) is 40.2. The molecule has 5 heterocycles. The van der Waals surface area contributed by atoms with E-state index >= 15 is 0 Å². The van der Waals surface area contributed by atoms with Gasteiger partial charge in [0, 0.05) is 75.5 Å². The Balaban J connectivity index is 0.825. The van der Waals surface area contributed by atoms with Gasteiger partial charge in [-0.25, -0.2) is 9.69 Å². The van der Waals surface area contributed by atoms with Gasteiger partial charge in [-0.1, -0.05) is 36.9 Å². The molecule has 3 atom stereocenters. The Labute approximate surface area is 408 Å². The number of hydrogen-bond acceptors (Lipinski definition) is 10. The summed E-state index contributed by atoms with van der Waals surface area (Å²) in [6, 6.07) is 21.3. The summed E-state index contributed by atoms with van der Waals surface area (Å²) in [6.45, 7) is 7.06. The lowest BCUT2D eigenvalue weighted by molar-refractivity contribution is -0.198. The molecule has 3 aliphatic heterocycles. The first-order valence-corrected chi connectivity index (χ1v) is 24.2. The Morgan fingerprint density at radius 3 is 2.37 bits per heavy atom. The number of benzene rings is 3. The molecule has 368 valence electrons. The topological polar surface area (TPSA) is 189 Å². The van der Waals surface area contributed by atoms with E-state index in [1.807, 2.05) is 55.4 Å². The molecule has 0 saturated carbocycles. The van der Waals surface area contributed by atoms with Crippen molar-refractivity contribution in [2.24, 2.45) is 14.1 Å². The summed E-state index contributed by atoms with van der Waals surface area (Å²) in [6.07, 6.45) is 10.6. The zero-order chi connectivity index (χ0) is 49.3. The Morgan fingerprint density at radius 1 is 0.843 bits per heavy atom. The van der Waals surface area contributed by atoms with Crippen LogP contribution >= 0.6 is 0 Å². The third-order valence-corrected chi connectivity index (χ3v) is 13.1. The van der Waals surface area contributed by atoms with Crippen LogP contribution in [0.1, 0.15) is 107 Å². The molecule has 16 heteroatoms. The van der Waals surface area contributed by atoms with Crippen molar-refractivity contribution in [1.82, 2.24) is 14.0 Å². The quantitative estimate of drug-likeness (QED) is 0.0331. The molecular weight excluding hydrogens is 891 g/mol. The molecule has 3 aromatic carbocycles. The lowest BCUT2D eigenvalue weighted by Crippen LogP contribution is -2.57. The summed E-state index contributed by atoms with van der Waals surface area (Å²) in [4.78, 5) is 70.9. The first kappa shape index (κ1) is 49.3. The highest BCUT2D eigenvalue weighted by molar-refractivity contribution is 6.06. The number of ketones is 1. The molecule has 3 aliphatic rings. The van der Waals surface area contributed by atoms with Crippen molar-refractivity contribution in [3.05, 3.63) is 126 Å². The average molecular weight is 954 g/mol. The molecule has 0 bridgehead atoms. The smallest absolute Gasteiger partial charge is 0.416 e. The molecule has 16 nitrogen and oxygen atoms in total. The maximum absolute atomic E-state index is 14.2. The van der Waals surface area contributed by atoms with Crippen LogP contribution < -0.4 is 26.0 Å². The van der Waals surface area contributed by atoms with Crippen LogP contribution in [-0.2, 0) is 39.5 Å². The standard InChI is InChI=1S/C54H63N7O9/c1-5-25-69-54(66)61-44-32-48(35(2)28-42(44)52(65)60-24-10-8-13-43(60)53(61)70-50-15-9-12-27-68-50)67-26-11-6-7-14-49(63)56-41-31-45(59(4)34-41)47(62)29-36-16-18-37(19-17-36)38-30-46(58(3)33-38)51(64)57-40-22-20-39(55)21-23-40/h5,16-23,28,30-34,43,50,53H,1,6-15,24-27,29,55H2,2-4H3,(H,56,63)(H,57,64)/t43-,50?,53?/m0/s1. The van der Waals surface area contributed by atoms with Gasteiger partial charge in [0.05, 0.1) is 35.3 Å². The first-order valence-electron chi connectivity index (χ1n) is 24.2. The van der Waals surface area contributed by atoms with Crippen LogP contribution in [0.25, 0.3) is 11.1 Å². The summed E-state index contributed by atoms with van der Waals surface area (Å²) in [5.41, 5.74) is 12.7. The van der Waals surface area contributed by atoms with Crippen LogP contribution in [-0.4, -0.2) is 88.6 Å². The lowest BCUT2D eigenvalue weighted by atomic mass is 10.00. The maximum Gasteiger partial charge on any atom is 0.416 e. The van der Waals surface area contributed by atoms with Gasteiger partial charge in [0.1, 0.15) is 18.1 Å². The maximum atomic E-state index is 14.2. The predicted molar refractivity (Wildman–Crippen MR) is 268 cm³/mol. The molecule has 4 N–H and O–H groups in total. The number of piperidine rings is 1. The predicted octanol–water partition coefficient (Wildman–Crippen LogP) is 9.18. The molecule has 70 heavy (non-hydrogen) atoms. The second-order valence-electron chi connectivity index (χ2n) is 18.3. The van der Waals surface area contributed by atoms with Gasteiger partial charge in [-0.3, -0.25) is 19.2 Å². The van der Waals surface area contributed by atoms with Crippen molar-refractivity contribution in [3.63, 3.8) is 0 Å². The Hall–Kier alpha value is -7.17. The van der Waals surface area contributed by atoms with Crippen LogP contribution in [0.3, 0.4) is 0 Å². The van der Waals surface area contributed by atoms with E-state index in [0.29, 0.717) is 97.3 Å². The minimum atomic E-state index is -0.831. The average Bonchev–Trinajstić information content (AvgIpc) is 3.92. The molecule has 2 unspecified atom stereocenters. The van der Waals surface area contributed by atoms with E-state index in [9.17, 15) is 24.0 Å². The van der Waals surface area contributed by atoms with Gasteiger partial charge in [0.25, 0.3) is 11.8 Å². The number of nitrogens with zero attached hydrogens (tertiary/aromatic N) is 4. The molecule has 0 radical (unpaired) electrons. The molecule has 2 fully saturated rings. The molecular formula is C54H63N7O9. The molecule has 8 rings (SSSR count). The van der Waals surface area contributed by atoms with E-state index in [1.165, 1.54) is 11.0 Å². The van der Waals surface area contributed by atoms with Crippen molar-refractivity contribution in [3.8, 4) is 16.9 Å². The molecule has 4 amide bonds. The number of carbonyl (C=O) groups is 5. The van der Waals surface area contributed by atoms with E-state index in [2.05, 4.69) is 17.2 Å². The number of nitrogens with two attached hydrogens (primary N) is 1. The third-order valence-electron chi connectivity index (χ3n) is 13.1. The second-order valence-corrected chi connectivity index (χ2v) is 18.3. The van der Waals surface area contributed by atoms with E-state index in [1.54, 1.807) is 64.8 Å². The Kier molecular flexibility index (Phi) is 15.8. The van der Waals surface area contributed by atoms with E-state index in [4.69, 9.17) is 24.7 Å². The number of aromatic nitrogens is 2. The number of amides is 4. The molecule has 5 aromatic rings. The van der Waals surface area contributed by atoms with E-state index < -0.39 is 18.6 Å². The Bertz CT molecular complexity index is 2700. The Morgan fingerprint density at radius 2 is 1.61 bits per heavy atom. The number of anilines is 4. The highest BCUT2D eigenvalue weighted by Gasteiger charge is 2.46. The van der Waals surface area contributed by atoms with Crippen LogP contribution in [0.2, 0.25) is 0 Å². The molecule has 2 aromatic heterocycles. The summed E-state index contributed by atoms with van der Waals surface area (Å²) >= 11 is 0. The van der Waals surface area contributed by atoms with Gasteiger partial charge < -0.3 is 49.3 Å². The van der Waals surface area contributed by atoms with Gasteiger partial charge in [0.15, 0.2) is 18.3 Å². The number of nitrogen functional groups attached to an aromatic ring is 1. The number of rotatable bonds is 18. The van der Waals surface area contributed by atoms with Crippen molar-refractivity contribution >= 4 is 52.3 Å². The fraction of sp³-hybridized carbons (Fsp3) is 0.389. The SMILES string of the molecule is C=CCOC(=O)N1c2cc(OCCCCCC(=O)Nc3cc(C(=O)Cc4ccc(-c5cc(C(=O)Nc6ccc(N)cc6)n(C)c5)cc4)n(C)c3)c(C)cc2C(=O)N2CCCC[C@H]2C1OC1CCCCO1. The molecule has 2 saturated heterocycles. The number of hydrogen-bond donors (Lipinski definition) is 3. The minimum absolute atomic E-state index is 0.00754. The van der Waals surface area contributed by atoms with Crippen LogP contribution in [0.4, 0.5) is 27.5 Å². The summed E-state index contributed by atoms with van der Waals surface area (Å²) in [5, 5.41) is 5.83. The number of nitrogens with one attached hydrogen (secondary N) is 2. The van der Waals surface area contributed by atoms with E-state index in [-0.39, 0.29) is 49.0 Å². The second kappa shape index (κ2) is 22.5. The summed E-state index contributed by atoms with van der Waals surface area (Å²) in [7, 11) is 3.60. The van der Waals surface area contributed by atoms with Crippen LogP contribution in [0.15, 0.2) is 97.8 Å². The number of aryl methyl sites for hydroxylation is 3. The minimum Gasteiger partial charge on any atom is -0.493 e. The van der Waals surface area contributed by atoms with Crippen LogP contribution in [0.5, 0.6) is 5.75 Å². The van der Waals surface area contributed by atoms with Gasteiger partial charge in [-0.15, -0.1) is 0 Å². The van der Waals surface area contributed by atoms with Gasteiger partial charge in [0.2, 0.25) is 5.91 Å². The molecule has 0 spiro atoms. The fourth-order valence-electron chi connectivity index (χ4n) is 9.38. The third kappa shape index (κ3) is 11.6. The monoisotopic (exact) mass is 953 g/mol. The summed E-state index contributed by atoms with van der Waals surface area (Å²) in [5.74, 6) is -0.118. The fourth-order valence-corrected chi connectivity index (χ4v) is 9.38. The summed E-state index contributed by atoms with van der Waals surface area (Å²) < 4.78 is 28.0. The van der Waals surface area contributed by atoms with Crippen LogP contribution in [0, 0.1) is 6.92 Å². The van der Waals surface area contributed by atoms with Crippen molar-refractivity contribution in [2.75, 3.05) is 47.6 Å². The van der Waals surface area contributed by atoms with Gasteiger partial charge in [-0.05, 0) is 124 Å². The normalized spacial score (nSPS) is 17.8. The zero-order valence-electron chi connectivity index (χ0n) is 40.2. The number of fused-ring (bicyclic) bond motifs is 2. The van der Waals surface area contributed by atoms with E-state index in [0.717, 1.165) is 47.9 Å². The van der Waals surface area contributed by atoms with Gasteiger partial charge in [-0.2, -0.15) is 0 Å².